The third-order valence-corrected chi connectivity index (χ3v) is 3.55. The van der Waals surface area contributed by atoms with Crippen molar-refractivity contribution in [1.29, 1.82) is 5.26 Å². The minimum Gasteiger partial charge on any atom is -0.438 e. The highest BCUT2D eigenvalue weighted by Crippen LogP contribution is 2.41. The zero-order chi connectivity index (χ0) is 15.0. The Morgan fingerprint density at radius 1 is 1.14 bits per heavy atom. The van der Waals surface area contributed by atoms with Gasteiger partial charge in [0.2, 0.25) is 0 Å². The molecule has 0 saturated heterocycles. The summed E-state index contributed by atoms with van der Waals surface area (Å²) in [5.74, 6) is 0. The van der Waals surface area contributed by atoms with Gasteiger partial charge < -0.3 is 4.74 Å². The average Bonchev–Trinajstić information content (AvgIpc) is 2.47. The van der Waals surface area contributed by atoms with E-state index in [0.29, 0.717) is 11.3 Å². The molecule has 1 heterocycles. The number of cyclic esters (lactones) is 1. The minimum atomic E-state index is -0.670. The molecule has 0 fully saturated rings. The highest BCUT2D eigenvalue weighted by Gasteiger charge is 2.38. The van der Waals surface area contributed by atoms with E-state index >= 15 is 0 Å². The predicted molar refractivity (Wildman–Crippen MR) is 79.2 cm³/mol. The van der Waals surface area contributed by atoms with Crippen LogP contribution in [0.3, 0.4) is 0 Å². The lowest BCUT2D eigenvalue weighted by Gasteiger charge is -2.38. The number of hydrogen-bond acceptors (Lipinski definition) is 3. The van der Waals surface area contributed by atoms with Crippen molar-refractivity contribution >= 4 is 17.5 Å². The van der Waals surface area contributed by atoms with E-state index in [1.54, 1.807) is 24.3 Å². The number of hydrogen-bond donors (Lipinski definition) is 0. The number of amides is 1. The molecule has 0 atom stereocenters. The number of benzene rings is 2. The topological polar surface area (TPSA) is 53.3 Å². The maximum Gasteiger partial charge on any atom is 0.419 e. The fraction of sp³-hybridized carbons (Fsp3) is 0.176. The number of fused-ring (bicyclic) bond motifs is 1. The van der Waals surface area contributed by atoms with Gasteiger partial charge in [0.1, 0.15) is 5.60 Å². The van der Waals surface area contributed by atoms with Crippen LogP contribution < -0.4 is 4.90 Å². The lowest BCUT2D eigenvalue weighted by Crippen LogP contribution is -2.40. The van der Waals surface area contributed by atoms with Crippen LogP contribution in [0.2, 0.25) is 0 Å². The van der Waals surface area contributed by atoms with Gasteiger partial charge in [-0.2, -0.15) is 5.26 Å². The van der Waals surface area contributed by atoms with Gasteiger partial charge in [0, 0.05) is 5.56 Å². The number of nitriles is 1. The van der Waals surface area contributed by atoms with E-state index in [9.17, 15) is 4.79 Å². The van der Waals surface area contributed by atoms with Crippen LogP contribution in [0.5, 0.6) is 0 Å². The molecule has 0 unspecified atom stereocenters. The third-order valence-electron chi connectivity index (χ3n) is 3.55. The van der Waals surface area contributed by atoms with Crippen molar-refractivity contribution in [2.75, 3.05) is 4.90 Å². The Bertz CT molecular complexity index is 759. The number of rotatable bonds is 1. The standard InChI is InChI=1S/C17H14N2O2/c1-17(2)14-8-3-4-9-15(14)19(16(20)21-17)13-7-5-6-12(10-13)11-18/h3-10H,1-2H3. The molecule has 0 aliphatic carbocycles. The van der Waals surface area contributed by atoms with Crippen molar-refractivity contribution in [3.8, 4) is 6.07 Å². The maximum absolute atomic E-state index is 12.4. The molecular formula is C17H14N2O2. The molecule has 4 nitrogen and oxygen atoms in total. The molecule has 2 aromatic carbocycles. The number of para-hydroxylation sites is 1. The Balaban J connectivity index is 2.19. The summed E-state index contributed by atoms with van der Waals surface area (Å²) < 4.78 is 5.54. The monoisotopic (exact) mass is 278 g/mol. The molecule has 0 bridgehead atoms. The summed E-state index contributed by atoms with van der Waals surface area (Å²) in [7, 11) is 0. The minimum absolute atomic E-state index is 0.436. The molecule has 2 aromatic rings. The van der Waals surface area contributed by atoms with E-state index in [-0.39, 0.29) is 0 Å². The van der Waals surface area contributed by atoms with E-state index in [2.05, 4.69) is 6.07 Å². The summed E-state index contributed by atoms with van der Waals surface area (Å²) in [5, 5.41) is 9.02. The molecule has 104 valence electrons. The molecule has 4 heteroatoms. The van der Waals surface area contributed by atoms with E-state index in [1.807, 2.05) is 38.1 Å². The first-order chi connectivity index (χ1) is 10.0. The van der Waals surface area contributed by atoms with E-state index in [4.69, 9.17) is 10.00 Å². The lowest BCUT2D eigenvalue weighted by atomic mass is 9.94. The van der Waals surface area contributed by atoms with Crippen molar-refractivity contribution in [1.82, 2.24) is 0 Å². The molecule has 1 aliphatic rings. The highest BCUT2D eigenvalue weighted by molar-refractivity contribution is 5.99. The fourth-order valence-corrected chi connectivity index (χ4v) is 2.55. The normalized spacial score (nSPS) is 15.9. The SMILES string of the molecule is CC1(C)OC(=O)N(c2cccc(C#N)c2)c2ccccc21. The Morgan fingerprint density at radius 2 is 1.90 bits per heavy atom. The van der Waals surface area contributed by atoms with Crippen molar-refractivity contribution in [3.05, 3.63) is 59.7 Å². The van der Waals surface area contributed by atoms with Crippen LogP contribution in [-0.4, -0.2) is 6.09 Å². The number of carbonyl (C=O) groups excluding carboxylic acids is 1. The van der Waals surface area contributed by atoms with E-state index in [0.717, 1.165) is 11.3 Å². The van der Waals surface area contributed by atoms with Crippen LogP contribution in [0, 0.1) is 11.3 Å². The second-order valence-electron chi connectivity index (χ2n) is 5.39. The Kier molecular flexibility index (Phi) is 2.91. The van der Waals surface area contributed by atoms with Crippen molar-refractivity contribution in [3.63, 3.8) is 0 Å². The van der Waals surface area contributed by atoms with Gasteiger partial charge in [-0.25, -0.2) is 9.69 Å². The molecule has 21 heavy (non-hydrogen) atoms. The summed E-state index contributed by atoms with van der Waals surface area (Å²) >= 11 is 0. The second-order valence-corrected chi connectivity index (χ2v) is 5.39. The van der Waals surface area contributed by atoms with Gasteiger partial charge in [0.25, 0.3) is 0 Å². The molecule has 0 N–H and O–H groups in total. The van der Waals surface area contributed by atoms with Crippen LogP contribution in [0.25, 0.3) is 0 Å². The third kappa shape index (κ3) is 2.13. The molecular weight excluding hydrogens is 264 g/mol. The molecule has 1 amide bonds. The van der Waals surface area contributed by atoms with Crippen molar-refractivity contribution in [2.24, 2.45) is 0 Å². The molecule has 3 rings (SSSR count). The Labute approximate surface area is 123 Å². The number of ether oxygens (including phenoxy) is 1. The predicted octanol–water partition coefficient (Wildman–Crippen LogP) is 4.08. The first kappa shape index (κ1) is 13.2. The zero-order valence-corrected chi connectivity index (χ0v) is 11.8. The molecule has 0 saturated carbocycles. The zero-order valence-electron chi connectivity index (χ0n) is 11.8. The van der Waals surface area contributed by atoms with Gasteiger partial charge in [0.05, 0.1) is 23.0 Å². The van der Waals surface area contributed by atoms with Crippen LogP contribution in [0.15, 0.2) is 48.5 Å². The first-order valence-corrected chi connectivity index (χ1v) is 6.66. The molecule has 0 spiro atoms. The summed E-state index contributed by atoms with van der Waals surface area (Å²) in [6.07, 6.45) is -0.436. The van der Waals surface area contributed by atoms with Gasteiger partial charge in [-0.3, -0.25) is 0 Å². The highest BCUT2D eigenvalue weighted by atomic mass is 16.6. The first-order valence-electron chi connectivity index (χ1n) is 6.66. The van der Waals surface area contributed by atoms with Crippen molar-refractivity contribution in [2.45, 2.75) is 19.4 Å². The molecule has 0 aromatic heterocycles. The van der Waals surface area contributed by atoms with Gasteiger partial charge >= 0.3 is 6.09 Å². The Hall–Kier alpha value is -2.80. The lowest BCUT2D eigenvalue weighted by molar-refractivity contribution is 0.0374. The van der Waals surface area contributed by atoms with Gasteiger partial charge in [-0.05, 0) is 38.1 Å². The van der Waals surface area contributed by atoms with Gasteiger partial charge in [0.15, 0.2) is 0 Å². The number of carbonyl (C=O) groups is 1. The number of anilines is 2. The van der Waals surface area contributed by atoms with E-state index < -0.39 is 11.7 Å². The largest absolute Gasteiger partial charge is 0.438 e. The van der Waals surface area contributed by atoms with Crippen LogP contribution in [0.4, 0.5) is 16.2 Å². The quantitative estimate of drug-likeness (QED) is 0.789. The average molecular weight is 278 g/mol. The summed E-state index contributed by atoms with van der Waals surface area (Å²) in [4.78, 5) is 13.9. The van der Waals surface area contributed by atoms with Crippen LogP contribution >= 0.6 is 0 Å². The molecule has 0 radical (unpaired) electrons. The Morgan fingerprint density at radius 3 is 2.67 bits per heavy atom. The summed E-state index contributed by atoms with van der Waals surface area (Å²) in [6.45, 7) is 3.74. The van der Waals surface area contributed by atoms with Crippen LogP contribution in [-0.2, 0) is 10.3 Å². The summed E-state index contributed by atoms with van der Waals surface area (Å²) in [5.41, 5.74) is 2.18. The smallest absolute Gasteiger partial charge is 0.419 e. The van der Waals surface area contributed by atoms with Gasteiger partial charge in [-0.15, -0.1) is 0 Å². The maximum atomic E-state index is 12.4. The second kappa shape index (κ2) is 4.64. The number of nitrogens with zero attached hydrogens (tertiary/aromatic N) is 2. The van der Waals surface area contributed by atoms with Gasteiger partial charge in [-0.1, -0.05) is 24.3 Å². The van der Waals surface area contributed by atoms with E-state index in [1.165, 1.54) is 4.90 Å². The summed E-state index contributed by atoms with van der Waals surface area (Å²) in [6, 6.07) is 16.6. The van der Waals surface area contributed by atoms with Crippen molar-refractivity contribution < 1.29 is 9.53 Å². The van der Waals surface area contributed by atoms with Crippen LogP contribution in [0.1, 0.15) is 25.0 Å². The fourth-order valence-electron chi connectivity index (χ4n) is 2.55. The molecule has 1 aliphatic heterocycles.